The lowest BCUT2D eigenvalue weighted by Crippen LogP contribution is -1.99. The van der Waals surface area contributed by atoms with E-state index in [2.05, 4.69) is 5.16 Å². The van der Waals surface area contributed by atoms with Gasteiger partial charge in [0.1, 0.15) is 11.5 Å². The van der Waals surface area contributed by atoms with Gasteiger partial charge in [-0.05, 0) is 30.5 Å². The Hall–Kier alpha value is -1.55. The Morgan fingerprint density at radius 1 is 1.44 bits per heavy atom. The maximum atomic E-state index is 13.8. The minimum absolute atomic E-state index is 0.234. The fourth-order valence-corrected chi connectivity index (χ4v) is 1.99. The average molecular weight is 269 g/mol. The summed E-state index contributed by atoms with van der Waals surface area (Å²) in [6.07, 6.45) is 0.677. The second kappa shape index (κ2) is 4.98. The Balaban J connectivity index is 2.53. The van der Waals surface area contributed by atoms with E-state index in [0.29, 0.717) is 28.6 Å². The van der Waals surface area contributed by atoms with E-state index < -0.39 is 5.82 Å². The number of halogens is 2. The molecule has 2 rings (SSSR count). The summed E-state index contributed by atoms with van der Waals surface area (Å²) in [5.41, 5.74) is 7.21. The SMILES string of the molecule is CC(C)Cc1c(-c2cc(Cl)ccc2F)noc1N. The number of benzene rings is 1. The Morgan fingerprint density at radius 2 is 2.17 bits per heavy atom. The topological polar surface area (TPSA) is 52.0 Å². The van der Waals surface area contributed by atoms with Crippen LogP contribution in [0.15, 0.2) is 22.7 Å². The lowest BCUT2D eigenvalue weighted by molar-refractivity contribution is 0.437. The van der Waals surface area contributed by atoms with Crippen LogP contribution >= 0.6 is 11.6 Å². The Kier molecular flexibility index (Phi) is 3.57. The first-order valence-corrected chi connectivity index (χ1v) is 6.06. The molecule has 3 nitrogen and oxygen atoms in total. The summed E-state index contributed by atoms with van der Waals surface area (Å²) in [4.78, 5) is 0. The molecule has 0 unspecified atom stereocenters. The predicted molar refractivity (Wildman–Crippen MR) is 69.9 cm³/mol. The molecular weight excluding hydrogens is 255 g/mol. The zero-order valence-corrected chi connectivity index (χ0v) is 11.0. The number of aromatic nitrogens is 1. The van der Waals surface area contributed by atoms with Crippen molar-refractivity contribution in [3.8, 4) is 11.3 Å². The Morgan fingerprint density at radius 3 is 2.83 bits per heavy atom. The highest BCUT2D eigenvalue weighted by atomic mass is 35.5. The number of rotatable bonds is 3. The molecule has 0 aliphatic heterocycles. The van der Waals surface area contributed by atoms with Crippen molar-refractivity contribution in [1.82, 2.24) is 5.16 Å². The summed E-state index contributed by atoms with van der Waals surface area (Å²) in [6.45, 7) is 4.09. The number of nitrogen functional groups attached to an aromatic ring is 1. The molecule has 0 fully saturated rings. The molecular formula is C13H14ClFN2O. The normalized spacial score (nSPS) is 11.2. The van der Waals surface area contributed by atoms with Crippen LogP contribution in [0.25, 0.3) is 11.3 Å². The monoisotopic (exact) mass is 268 g/mol. The Bertz CT molecular complexity index is 566. The van der Waals surface area contributed by atoms with Crippen LogP contribution in [-0.2, 0) is 6.42 Å². The second-order valence-corrected chi connectivity index (χ2v) is 5.03. The van der Waals surface area contributed by atoms with Gasteiger partial charge in [-0.3, -0.25) is 0 Å². The quantitative estimate of drug-likeness (QED) is 0.918. The van der Waals surface area contributed by atoms with Crippen LogP contribution in [0.3, 0.4) is 0 Å². The van der Waals surface area contributed by atoms with Crippen molar-refractivity contribution in [2.24, 2.45) is 5.92 Å². The van der Waals surface area contributed by atoms with Crippen molar-refractivity contribution < 1.29 is 8.91 Å². The molecule has 1 heterocycles. The standard InChI is InChI=1S/C13H14ClFN2O/c1-7(2)5-10-12(17-18-13(10)16)9-6-8(14)3-4-11(9)15/h3-4,6-7H,5,16H2,1-2H3. The molecule has 2 N–H and O–H groups in total. The first kappa shape index (κ1) is 12.9. The summed E-state index contributed by atoms with van der Waals surface area (Å²) in [6, 6.07) is 4.33. The molecule has 1 aromatic carbocycles. The molecule has 96 valence electrons. The highest BCUT2D eigenvalue weighted by molar-refractivity contribution is 6.30. The zero-order chi connectivity index (χ0) is 13.3. The largest absolute Gasteiger partial charge is 0.367 e. The molecule has 0 saturated heterocycles. The summed E-state index contributed by atoms with van der Waals surface area (Å²) in [5.74, 6) is 0.212. The first-order valence-electron chi connectivity index (χ1n) is 5.68. The van der Waals surface area contributed by atoms with Gasteiger partial charge in [0.2, 0.25) is 5.88 Å². The molecule has 0 atom stereocenters. The smallest absolute Gasteiger partial charge is 0.225 e. The van der Waals surface area contributed by atoms with E-state index in [4.69, 9.17) is 21.9 Å². The minimum atomic E-state index is -0.391. The van der Waals surface area contributed by atoms with E-state index in [9.17, 15) is 4.39 Å². The van der Waals surface area contributed by atoms with E-state index in [-0.39, 0.29) is 5.88 Å². The highest BCUT2D eigenvalue weighted by Gasteiger charge is 2.19. The maximum Gasteiger partial charge on any atom is 0.225 e. The van der Waals surface area contributed by atoms with Gasteiger partial charge in [0.05, 0.1) is 0 Å². The molecule has 0 amide bonds. The predicted octanol–water partition coefficient (Wildman–Crippen LogP) is 3.91. The molecule has 0 bridgehead atoms. The number of hydrogen-bond donors (Lipinski definition) is 1. The summed E-state index contributed by atoms with van der Waals surface area (Å²) >= 11 is 5.88. The number of nitrogens with two attached hydrogens (primary N) is 1. The van der Waals surface area contributed by atoms with Crippen LogP contribution in [0.1, 0.15) is 19.4 Å². The Labute approximate surface area is 110 Å². The number of nitrogens with zero attached hydrogens (tertiary/aromatic N) is 1. The van der Waals surface area contributed by atoms with Gasteiger partial charge in [-0.2, -0.15) is 0 Å². The van der Waals surface area contributed by atoms with Crippen LogP contribution < -0.4 is 5.73 Å². The lowest BCUT2D eigenvalue weighted by Gasteiger charge is -2.06. The van der Waals surface area contributed by atoms with Gasteiger partial charge in [-0.15, -0.1) is 0 Å². The van der Waals surface area contributed by atoms with E-state index in [1.807, 2.05) is 13.8 Å². The van der Waals surface area contributed by atoms with Crippen LogP contribution in [0.5, 0.6) is 0 Å². The van der Waals surface area contributed by atoms with Crippen molar-refractivity contribution >= 4 is 17.5 Å². The highest BCUT2D eigenvalue weighted by Crippen LogP contribution is 2.32. The fraction of sp³-hybridized carbons (Fsp3) is 0.308. The lowest BCUT2D eigenvalue weighted by atomic mass is 9.99. The van der Waals surface area contributed by atoms with E-state index in [1.54, 1.807) is 0 Å². The maximum absolute atomic E-state index is 13.8. The third-order valence-corrected chi connectivity index (χ3v) is 2.85. The van der Waals surface area contributed by atoms with Crippen LogP contribution in [0.4, 0.5) is 10.3 Å². The molecule has 18 heavy (non-hydrogen) atoms. The molecule has 0 radical (unpaired) electrons. The van der Waals surface area contributed by atoms with Crippen molar-refractivity contribution in [3.05, 3.63) is 34.6 Å². The molecule has 0 saturated carbocycles. The van der Waals surface area contributed by atoms with Crippen LogP contribution in [0.2, 0.25) is 5.02 Å². The molecule has 2 aromatic rings. The van der Waals surface area contributed by atoms with Crippen LogP contribution in [-0.4, -0.2) is 5.16 Å². The first-order chi connectivity index (χ1) is 8.49. The van der Waals surface area contributed by atoms with E-state index in [0.717, 1.165) is 5.56 Å². The summed E-state index contributed by atoms with van der Waals surface area (Å²) < 4.78 is 18.8. The van der Waals surface area contributed by atoms with Gasteiger partial charge in [0, 0.05) is 16.1 Å². The molecule has 0 aliphatic carbocycles. The third kappa shape index (κ3) is 2.48. The van der Waals surface area contributed by atoms with Gasteiger partial charge in [0.15, 0.2) is 0 Å². The molecule has 0 spiro atoms. The summed E-state index contributed by atoms with van der Waals surface area (Å²) in [5, 5.41) is 4.29. The fourth-order valence-electron chi connectivity index (χ4n) is 1.82. The molecule has 0 aliphatic rings. The summed E-state index contributed by atoms with van der Waals surface area (Å²) in [7, 11) is 0. The van der Waals surface area contributed by atoms with E-state index in [1.165, 1.54) is 18.2 Å². The van der Waals surface area contributed by atoms with Gasteiger partial charge in [0.25, 0.3) is 0 Å². The van der Waals surface area contributed by atoms with Crippen molar-refractivity contribution in [2.45, 2.75) is 20.3 Å². The minimum Gasteiger partial charge on any atom is -0.367 e. The molecule has 5 heteroatoms. The second-order valence-electron chi connectivity index (χ2n) is 4.60. The van der Waals surface area contributed by atoms with Gasteiger partial charge in [-0.1, -0.05) is 30.6 Å². The zero-order valence-electron chi connectivity index (χ0n) is 10.2. The van der Waals surface area contributed by atoms with Crippen molar-refractivity contribution in [2.75, 3.05) is 5.73 Å². The number of hydrogen-bond acceptors (Lipinski definition) is 3. The van der Waals surface area contributed by atoms with Gasteiger partial charge < -0.3 is 10.3 Å². The van der Waals surface area contributed by atoms with Gasteiger partial charge >= 0.3 is 0 Å². The van der Waals surface area contributed by atoms with E-state index >= 15 is 0 Å². The number of anilines is 1. The van der Waals surface area contributed by atoms with Crippen LogP contribution in [0, 0.1) is 11.7 Å². The van der Waals surface area contributed by atoms with Crippen molar-refractivity contribution in [1.29, 1.82) is 0 Å². The van der Waals surface area contributed by atoms with Crippen molar-refractivity contribution in [3.63, 3.8) is 0 Å². The average Bonchev–Trinajstić information content (AvgIpc) is 2.64. The third-order valence-electron chi connectivity index (χ3n) is 2.61. The van der Waals surface area contributed by atoms with Gasteiger partial charge in [-0.25, -0.2) is 4.39 Å². The molecule has 1 aromatic heterocycles.